The molecule has 4 nitrogen and oxygen atoms in total. The number of anilines is 1. The molecule has 0 fully saturated rings. The summed E-state index contributed by atoms with van der Waals surface area (Å²) in [5, 5.41) is 0. The van der Waals surface area contributed by atoms with Gasteiger partial charge >= 0.3 is 0 Å². The van der Waals surface area contributed by atoms with E-state index < -0.39 is 0 Å². The largest absolute Gasteiger partial charge is 0.339 e. The van der Waals surface area contributed by atoms with Gasteiger partial charge in [-0.15, -0.1) is 0 Å². The van der Waals surface area contributed by atoms with Crippen molar-refractivity contribution in [1.82, 2.24) is 4.90 Å². The Balaban J connectivity index is 3.16. The maximum atomic E-state index is 12.3. The SMILES string of the molecule is CCN(CC)C(=O)c1ccccc1N(C)C(C)=O. The molecule has 2 amide bonds. The van der Waals surface area contributed by atoms with E-state index in [4.69, 9.17) is 0 Å². The quantitative estimate of drug-likeness (QED) is 0.819. The Morgan fingerprint density at radius 2 is 1.67 bits per heavy atom. The lowest BCUT2D eigenvalue weighted by molar-refractivity contribution is -0.116. The van der Waals surface area contributed by atoms with Gasteiger partial charge in [0.2, 0.25) is 5.91 Å². The maximum absolute atomic E-state index is 12.3. The fourth-order valence-electron chi connectivity index (χ4n) is 1.80. The van der Waals surface area contributed by atoms with E-state index in [1.54, 1.807) is 24.1 Å². The lowest BCUT2D eigenvalue weighted by Gasteiger charge is -2.23. The van der Waals surface area contributed by atoms with Crippen molar-refractivity contribution in [2.24, 2.45) is 0 Å². The molecule has 4 heteroatoms. The van der Waals surface area contributed by atoms with Crippen molar-refractivity contribution >= 4 is 17.5 Å². The van der Waals surface area contributed by atoms with Gasteiger partial charge in [0.25, 0.3) is 5.91 Å². The highest BCUT2D eigenvalue weighted by Crippen LogP contribution is 2.21. The highest BCUT2D eigenvalue weighted by Gasteiger charge is 2.19. The van der Waals surface area contributed by atoms with E-state index in [0.29, 0.717) is 24.3 Å². The minimum absolute atomic E-state index is 0.0382. The molecule has 1 rings (SSSR count). The molecular weight excluding hydrogens is 228 g/mol. The Hall–Kier alpha value is -1.84. The predicted molar refractivity (Wildman–Crippen MR) is 72.8 cm³/mol. The first kappa shape index (κ1) is 14.2. The minimum Gasteiger partial charge on any atom is -0.339 e. The van der Waals surface area contributed by atoms with Crippen LogP contribution in [0.4, 0.5) is 5.69 Å². The summed E-state index contributed by atoms with van der Waals surface area (Å²) in [6.07, 6.45) is 0. The molecule has 0 saturated carbocycles. The van der Waals surface area contributed by atoms with Gasteiger partial charge in [-0.2, -0.15) is 0 Å². The van der Waals surface area contributed by atoms with Crippen LogP contribution in [-0.4, -0.2) is 36.9 Å². The van der Waals surface area contributed by atoms with Gasteiger partial charge in [0, 0.05) is 27.1 Å². The Bertz CT molecular complexity index is 439. The number of rotatable bonds is 4. The molecule has 0 aromatic heterocycles. The van der Waals surface area contributed by atoms with Crippen molar-refractivity contribution in [3.63, 3.8) is 0 Å². The van der Waals surface area contributed by atoms with Gasteiger partial charge in [-0.25, -0.2) is 0 Å². The highest BCUT2D eigenvalue weighted by molar-refractivity contribution is 6.04. The number of hydrogen-bond acceptors (Lipinski definition) is 2. The van der Waals surface area contributed by atoms with E-state index in [-0.39, 0.29) is 11.8 Å². The molecular formula is C14H20N2O2. The van der Waals surface area contributed by atoms with Crippen molar-refractivity contribution in [2.45, 2.75) is 20.8 Å². The number of hydrogen-bond donors (Lipinski definition) is 0. The summed E-state index contributed by atoms with van der Waals surface area (Å²) < 4.78 is 0. The fraction of sp³-hybridized carbons (Fsp3) is 0.429. The van der Waals surface area contributed by atoms with E-state index in [1.807, 2.05) is 26.0 Å². The molecule has 1 aromatic carbocycles. The molecule has 0 aliphatic rings. The highest BCUT2D eigenvalue weighted by atomic mass is 16.2. The summed E-state index contributed by atoms with van der Waals surface area (Å²) in [6, 6.07) is 7.19. The second-order valence-electron chi connectivity index (χ2n) is 4.07. The van der Waals surface area contributed by atoms with Gasteiger partial charge in [-0.3, -0.25) is 9.59 Å². The third-order valence-electron chi connectivity index (χ3n) is 3.02. The molecule has 0 aliphatic carbocycles. The predicted octanol–water partition coefficient (Wildman–Crippen LogP) is 2.15. The van der Waals surface area contributed by atoms with Crippen LogP contribution in [0.3, 0.4) is 0 Å². The van der Waals surface area contributed by atoms with Crippen LogP contribution in [0, 0.1) is 0 Å². The van der Waals surface area contributed by atoms with Crippen molar-refractivity contribution < 1.29 is 9.59 Å². The number of carbonyl (C=O) groups excluding carboxylic acids is 2. The Labute approximate surface area is 108 Å². The summed E-state index contributed by atoms with van der Waals surface area (Å²) in [6.45, 7) is 6.69. The van der Waals surface area contributed by atoms with E-state index >= 15 is 0 Å². The van der Waals surface area contributed by atoms with Crippen LogP contribution in [0.2, 0.25) is 0 Å². The second kappa shape index (κ2) is 6.19. The number of benzene rings is 1. The van der Waals surface area contributed by atoms with Crippen molar-refractivity contribution in [2.75, 3.05) is 25.0 Å². The summed E-state index contributed by atoms with van der Waals surface area (Å²) >= 11 is 0. The summed E-state index contributed by atoms with van der Waals surface area (Å²) in [5.41, 5.74) is 1.22. The van der Waals surface area contributed by atoms with Gasteiger partial charge in [-0.1, -0.05) is 12.1 Å². The lowest BCUT2D eigenvalue weighted by atomic mass is 10.1. The molecule has 1 aromatic rings. The van der Waals surface area contributed by atoms with Crippen LogP contribution < -0.4 is 4.90 Å². The van der Waals surface area contributed by atoms with Crippen molar-refractivity contribution in [1.29, 1.82) is 0 Å². The minimum atomic E-state index is -0.0882. The zero-order valence-electron chi connectivity index (χ0n) is 11.4. The Kier molecular flexibility index (Phi) is 4.89. The third kappa shape index (κ3) is 2.88. The molecule has 18 heavy (non-hydrogen) atoms. The lowest BCUT2D eigenvalue weighted by Crippen LogP contribution is -2.33. The average molecular weight is 248 g/mol. The third-order valence-corrected chi connectivity index (χ3v) is 3.02. The van der Waals surface area contributed by atoms with Crippen LogP contribution >= 0.6 is 0 Å². The molecule has 0 aliphatic heterocycles. The van der Waals surface area contributed by atoms with Gasteiger partial charge in [-0.05, 0) is 26.0 Å². The van der Waals surface area contributed by atoms with Gasteiger partial charge < -0.3 is 9.80 Å². The van der Waals surface area contributed by atoms with Gasteiger partial charge in [0.1, 0.15) is 0 Å². The van der Waals surface area contributed by atoms with Crippen LogP contribution in [0.5, 0.6) is 0 Å². The molecule has 0 unspecified atom stereocenters. The van der Waals surface area contributed by atoms with Gasteiger partial charge in [0.15, 0.2) is 0 Å². The molecule has 98 valence electrons. The summed E-state index contributed by atoms with van der Waals surface area (Å²) in [4.78, 5) is 27.0. The van der Waals surface area contributed by atoms with Crippen molar-refractivity contribution in [3.05, 3.63) is 29.8 Å². The summed E-state index contributed by atoms with van der Waals surface area (Å²) in [7, 11) is 1.68. The zero-order chi connectivity index (χ0) is 13.7. The molecule has 0 heterocycles. The van der Waals surface area contributed by atoms with Gasteiger partial charge in [0.05, 0.1) is 11.3 Å². The summed E-state index contributed by atoms with van der Waals surface area (Å²) in [5.74, 6) is -0.126. The van der Waals surface area contributed by atoms with E-state index in [9.17, 15) is 9.59 Å². The maximum Gasteiger partial charge on any atom is 0.255 e. The fourth-order valence-corrected chi connectivity index (χ4v) is 1.80. The molecule has 0 spiro atoms. The number of carbonyl (C=O) groups is 2. The van der Waals surface area contributed by atoms with E-state index in [2.05, 4.69) is 0 Å². The first-order valence-electron chi connectivity index (χ1n) is 6.15. The standard InChI is InChI=1S/C14H20N2O2/c1-5-16(6-2)14(18)12-9-7-8-10-13(12)15(4)11(3)17/h7-10H,5-6H2,1-4H3. The molecule has 0 radical (unpaired) electrons. The Morgan fingerprint density at radius 3 is 2.17 bits per heavy atom. The molecule has 0 N–H and O–H groups in total. The zero-order valence-corrected chi connectivity index (χ0v) is 11.4. The number of nitrogens with zero attached hydrogens (tertiary/aromatic N) is 2. The molecule has 0 bridgehead atoms. The van der Waals surface area contributed by atoms with Crippen molar-refractivity contribution in [3.8, 4) is 0 Å². The normalized spacial score (nSPS) is 10.0. The van der Waals surface area contributed by atoms with Crippen LogP contribution in [0.25, 0.3) is 0 Å². The first-order valence-corrected chi connectivity index (χ1v) is 6.15. The van der Waals surface area contributed by atoms with Crippen LogP contribution in [0.15, 0.2) is 24.3 Å². The molecule has 0 saturated heterocycles. The van der Waals surface area contributed by atoms with Crippen LogP contribution in [-0.2, 0) is 4.79 Å². The second-order valence-corrected chi connectivity index (χ2v) is 4.07. The van der Waals surface area contributed by atoms with E-state index in [0.717, 1.165) is 0 Å². The topological polar surface area (TPSA) is 40.6 Å². The molecule has 0 atom stereocenters. The Morgan fingerprint density at radius 1 is 1.11 bits per heavy atom. The van der Waals surface area contributed by atoms with E-state index in [1.165, 1.54) is 11.8 Å². The van der Waals surface area contributed by atoms with Crippen LogP contribution in [0.1, 0.15) is 31.1 Å². The first-order chi connectivity index (χ1) is 8.52. The number of para-hydroxylation sites is 1. The smallest absolute Gasteiger partial charge is 0.255 e. The number of amides is 2. The average Bonchev–Trinajstić information content (AvgIpc) is 2.39. The monoisotopic (exact) mass is 248 g/mol.